The van der Waals surface area contributed by atoms with Crippen LogP contribution in [0.5, 0.6) is 0 Å². The normalized spacial score (nSPS) is 11.0. The number of hydrogen-bond donors (Lipinski definition) is 0. The molecule has 0 aliphatic heterocycles. The van der Waals surface area contributed by atoms with Gasteiger partial charge in [-0.05, 0) is 44.4 Å². The largest absolute Gasteiger partial charge is 0.287 e. The molecule has 0 atom stereocenters. The van der Waals surface area contributed by atoms with Gasteiger partial charge in [-0.25, -0.2) is 0 Å². The summed E-state index contributed by atoms with van der Waals surface area (Å²) in [6, 6.07) is 7.60. The fourth-order valence-corrected chi connectivity index (χ4v) is 2.45. The Kier molecular flexibility index (Phi) is 4.32. The van der Waals surface area contributed by atoms with Crippen molar-refractivity contribution in [1.29, 1.82) is 0 Å². The van der Waals surface area contributed by atoms with E-state index in [2.05, 4.69) is 5.10 Å². The quantitative estimate of drug-likeness (QED) is 0.630. The minimum absolute atomic E-state index is 0.0937. The van der Waals surface area contributed by atoms with Crippen LogP contribution < -0.4 is 0 Å². The van der Waals surface area contributed by atoms with Crippen molar-refractivity contribution < 1.29 is 4.79 Å². The highest BCUT2D eigenvalue weighted by atomic mass is 35.5. The van der Waals surface area contributed by atoms with Gasteiger partial charge in [0.1, 0.15) is 5.69 Å². The Morgan fingerprint density at radius 1 is 1.32 bits per heavy atom. The van der Waals surface area contributed by atoms with Crippen LogP contribution in [-0.2, 0) is 0 Å². The van der Waals surface area contributed by atoms with Gasteiger partial charge in [0.05, 0.1) is 11.2 Å². The zero-order valence-electron chi connectivity index (χ0n) is 11.1. The maximum absolute atomic E-state index is 12.5. The SMILES string of the molecule is CSc1ccc(C(=O)c2c(Cl)cnn2C(C)C)cc1. The fourth-order valence-electron chi connectivity index (χ4n) is 1.82. The molecule has 0 unspecified atom stereocenters. The van der Waals surface area contributed by atoms with E-state index in [9.17, 15) is 4.79 Å². The highest BCUT2D eigenvalue weighted by molar-refractivity contribution is 7.98. The summed E-state index contributed by atoms with van der Waals surface area (Å²) in [6.45, 7) is 3.94. The molecule has 0 amide bonds. The minimum Gasteiger partial charge on any atom is -0.287 e. The third-order valence-electron chi connectivity index (χ3n) is 2.81. The van der Waals surface area contributed by atoms with Crippen molar-refractivity contribution in [2.75, 3.05) is 6.26 Å². The Morgan fingerprint density at radius 3 is 2.47 bits per heavy atom. The van der Waals surface area contributed by atoms with Crippen molar-refractivity contribution in [1.82, 2.24) is 9.78 Å². The number of aromatic nitrogens is 2. The van der Waals surface area contributed by atoms with Gasteiger partial charge >= 0.3 is 0 Å². The lowest BCUT2D eigenvalue weighted by atomic mass is 10.1. The lowest BCUT2D eigenvalue weighted by Gasteiger charge is -2.10. The lowest BCUT2D eigenvalue weighted by molar-refractivity contribution is 0.102. The molecule has 0 bridgehead atoms. The van der Waals surface area contributed by atoms with Crippen molar-refractivity contribution in [3.8, 4) is 0 Å². The Balaban J connectivity index is 2.40. The molecule has 19 heavy (non-hydrogen) atoms. The molecule has 1 aromatic carbocycles. The van der Waals surface area contributed by atoms with Gasteiger partial charge < -0.3 is 0 Å². The molecule has 0 saturated carbocycles. The van der Waals surface area contributed by atoms with E-state index in [0.717, 1.165) is 4.90 Å². The highest BCUT2D eigenvalue weighted by Crippen LogP contribution is 2.23. The fraction of sp³-hybridized carbons (Fsp3) is 0.286. The van der Waals surface area contributed by atoms with Crippen LogP contribution in [0, 0.1) is 0 Å². The molecule has 0 aliphatic carbocycles. The van der Waals surface area contributed by atoms with Gasteiger partial charge in [-0.3, -0.25) is 9.48 Å². The number of nitrogens with zero attached hydrogens (tertiary/aromatic N) is 2. The number of benzene rings is 1. The molecule has 100 valence electrons. The van der Waals surface area contributed by atoms with Crippen LogP contribution in [0.15, 0.2) is 35.4 Å². The molecule has 1 heterocycles. The number of carbonyl (C=O) groups excluding carboxylic acids is 1. The van der Waals surface area contributed by atoms with Crippen LogP contribution in [0.25, 0.3) is 0 Å². The molecule has 0 fully saturated rings. The maximum atomic E-state index is 12.5. The van der Waals surface area contributed by atoms with Crippen LogP contribution in [0.3, 0.4) is 0 Å². The molecule has 3 nitrogen and oxygen atoms in total. The third-order valence-corrected chi connectivity index (χ3v) is 3.83. The Hall–Kier alpha value is -1.26. The molecule has 1 aromatic heterocycles. The van der Waals surface area contributed by atoms with E-state index in [1.54, 1.807) is 16.4 Å². The van der Waals surface area contributed by atoms with E-state index in [1.807, 2.05) is 44.4 Å². The maximum Gasteiger partial charge on any atom is 0.212 e. The van der Waals surface area contributed by atoms with Gasteiger partial charge in [-0.1, -0.05) is 11.6 Å². The summed E-state index contributed by atoms with van der Waals surface area (Å²) < 4.78 is 1.66. The standard InChI is InChI=1S/C14H15ClN2OS/c1-9(2)17-13(12(15)8-16-17)14(18)10-4-6-11(19-3)7-5-10/h4-9H,1-3H3. The predicted octanol–water partition coefficient (Wildman–Crippen LogP) is 4.07. The van der Waals surface area contributed by atoms with Gasteiger partial charge in [0.2, 0.25) is 5.78 Å². The van der Waals surface area contributed by atoms with Crippen LogP contribution in [-0.4, -0.2) is 21.8 Å². The van der Waals surface area contributed by atoms with E-state index in [-0.39, 0.29) is 11.8 Å². The first-order valence-electron chi connectivity index (χ1n) is 5.96. The van der Waals surface area contributed by atoms with Crippen LogP contribution >= 0.6 is 23.4 Å². The molecule has 0 saturated heterocycles. The Labute approximate surface area is 122 Å². The van der Waals surface area contributed by atoms with Crippen LogP contribution in [0.2, 0.25) is 5.02 Å². The van der Waals surface area contributed by atoms with E-state index < -0.39 is 0 Å². The number of hydrogen-bond acceptors (Lipinski definition) is 3. The molecule has 0 aliphatic rings. The van der Waals surface area contributed by atoms with Crippen molar-refractivity contribution in [2.24, 2.45) is 0 Å². The molecule has 5 heteroatoms. The number of thioether (sulfide) groups is 1. The zero-order valence-corrected chi connectivity index (χ0v) is 12.6. The summed E-state index contributed by atoms with van der Waals surface area (Å²) in [6.07, 6.45) is 3.52. The van der Waals surface area contributed by atoms with Gasteiger partial charge in [-0.2, -0.15) is 5.10 Å². The summed E-state index contributed by atoms with van der Waals surface area (Å²) in [5.41, 5.74) is 1.08. The number of halogens is 1. The van der Waals surface area contributed by atoms with E-state index in [1.165, 1.54) is 6.20 Å². The summed E-state index contributed by atoms with van der Waals surface area (Å²) in [5, 5.41) is 4.55. The van der Waals surface area contributed by atoms with E-state index >= 15 is 0 Å². The number of carbonyl (C=O) groups is 1. The van der Waals surface area contributed by atoms with Crippen molar-refractivity contribution in [2.45, 2.75) is 24.8 Å². The van der Waals surface area contributed by atoms with E-state index in [4.69, 9.17) is 11.6 Å². The molecular formula is C14H15ClN2OS. The molecular weight excluding hydrogens is 280 g/mol. The van der Waals surface area contributed by atoms with Crippen LogP contribution in [0.4, 0.5) is 0 Å². The summed E-state index contributed by atoms with van der Waals surface area (Å²) in [7, 11) is 0. The monoisotopic (exact) mass is 294 g/mol. The molecule has 2 rings (SSSR count). The number of rotatable bonds is 4. The zero-order chi connectivity index (χ0) is 14.0. The average Bonchev–Trinajstić information content (AvgIpc) is 2.80. The van der Waals surface area contributed by atoms with Gasteiger partial charge in [0.15, 0.2) is 0 Å². The highest BCUT2D eigenvalue weighted by Gasteiger charge is 2.20. The second-order valence-corrected chi connectivity index (χ2v) is 5.72. The molecule has 2 aromatic rings. The first-order chi connectivity index (χ1) is 9.04. The molecule has 0 N–H and O–H groups in total. The number of ketones is 1. The predicted molar refractivity (Wildman–Crippen MR) is 79.3 cm³/mol. The molecule has 0 radical (unpaired) electrons. The summed E-state index contributed by atoms with van der Waals surface area (Å²) in [5.74, 6) is -0.0937. The Bertz CT molecular complexity index is 590. The van der Waals surface area contributed by atoms with Crippen LogP contribution in [0.1, 0.15) is 35.9 Å². The first-order valence-corrected chi connectivity index (χ1v) is 7.56. The second-order valence-electron chi connectivity index (χ2n) is 4.44. The Morgan fingerprint density at radius 2 is 1.95 bits per heavy atom. The van der Waals surface area contributed by atoms with Gasteiger partial charge in [-0.15, -0.1) is 11.8 Å². The summed E-state index contributed by atoms with van der Waals surface area (Å²) in [4.78, 5) is 13.6. The van der Waals surface area contributed by atoms with Crippen molar-refractivity contribution in [3.63, 3.8) is 0 Å². The minimum atomic E-state index is -0.0937. The van der Waals surface area contributed by atoms with Gasteiger partial charge in [0.25, 0.3) is 0 Å². The second kappa shape index (κ2) is 5.80. The first kappa shape index (κ1) is 14.2. The molecule has 0 spiro atoms. The lowest BCUT2D eigenvalue weighted by Crippen LogP contribution is -2.13. The summed E-state index contributed by atoms with van der Waals surface area (Å²) >= 11 is 7.73. The smallest absolute Gasteiger partial charge is 0.212 e. The van der Waals surface area contributed by atoms with Crippen molar-refractivity contribution in [3.05, 3.63) is 46.7 Å². The topological polar surface area (TPSA) is 34.9 Å². The third kappa shape index (κ3) is 2.85. The average molecular weight is 295 g/mol. The van der Waals surface area contributed by atoms with Crippen molar-refractivity contribution >= 4 is 29.1 Å². The van der Waals surface area contributed by atoms with E-state index in [0.29, 0.717) is 16.3 Å². The van der Waals surface area contributed by atoms with Gasteiger partial charge in [0, 0.05) is 16.5 Å².